The summed E-state index contributed by atoms with van der Waals surface area (Å²) in [6.07, 6.45) is 1.37. The smallest absolute Gasteiger partial charge is 0.279 e. The van der Waals surface area contributed by atoms with Crippen LogP contribution in [-0.2, 0) is 19.4 Å². The van der Waals surface area contributed by atoms with Crippen LogP contribution in [0.5, 0.6) is 0 Å². The standard InChI is InChI=1S/C15H22N2O4S/c1-11-8-17(9-12(2)21-11)10-15(18)16-13-6-4-5-7-14(13)22(3,19)20/h4-7,11-12H,8-10H2,1-3H3,(H,16,18)/p+1/t11-,12-/m1/s1. The number of quaternary nitrogens is 1. The Morgan fingerprint density at radius 1 is 1.27 bits per heavy atom. The third kappa shape index (κ3) is 4.53. The van der Waals surface area contributed by atoms with E-state index >= 15 is 0 Å². The van der Waals surface area contributed by atoms with Crippen LogP contribution in [0.25, 0.3) is 0 Å². The quantitative estimate of drug-likeness (QED) is 0.797. The van der Waals surface area contributed by atoms with E-state index in [1.54, 1.807) is 18.2 Å². The van der Waals surface area contributed by atoms with Crippen LogP contribution in [0.2, 0.25) is 0 Å². The third-order valence-corrected chi connectivity index (χ3v) is 4.74. The molecule has 1 fully saturated rings. The minimum atomic E-state index is -3.37. The van der Waals surface area contributed by atoms with Gasteiger partial charge in [-0.05, 0) is 26.0 Å². The number of rotatable bonds is 4. The highest BCUT2D eigenvalue weighted by Gasteiger charge is 2.27. The van der Waals surface area contributed by atoms with E-state index < -0.39 is 9.84 Å². The minimum Gasteiger partial charge on any atom is -0.364 e. The predicted octanol–water partition coefficient (Wildman–Crippen LogP) is -0.279. The van der Waals surface area contributed by atoms with Crippen molar-refractivity contribution in [1.29, 1.82) is 0 Å². The first-order valence-corrected chi connectivity index (χ1v) is 9.23. The fourth-order valence-corrected chi connectivity index (χ4v) is 3.69. The maximum atomic E-state index is 12.2. The van der Waals surface area contributed by atoms with Gasteiger partial charge in [0.2, 0.25) is 0 Å². The summed E-state index contributed by atoms with van der Waals surface area (Å²) in [7, 11) is -3.37. The van der Waals surface area contributed by atoms with Crippen LogP contribution in [0.1, 0.15) is 13.8 Å². The second kappa shape index (κ2) is 6.76. The molecule has 1 saturated heterocycles. The average molecular weight is 327 g/mol. The van der Waals surface area contributed by atoms with E-state index in [4.69, 9.17) is 4.74 Å². The molecule has 2 rings (SSSR count). The Kier molecular flexibility index (Phi) is 5.20. The van der Waals surface area contributed by atoms with Gasteiger partial charge in [0.15, 0.2) is 16.4 Å². The molecule has 0 radical (unpaired) electrons. The van der Waals surface area contributed by atoms with Crippen molar-refractivity contribution < 1.29 is 22.8 Å². The maximum absolute atomic E-state index is 12.2. The molecule has 1 heterocycles. The molecule has 0 aromatic heterocycles. The summed E-state index contributed by atoms with van der Waals surface area (Å²) in [5.74, 6) is -0.188. The number of nitrogens with one attached hydrogen (secondary N) is 2. The first-order chi connectivity index (χ1) is 10.3. The second-order valence-corrected chi connectivity index (χ2v) is 7.89. The Labute approximate surface area is 131 Å². The Balaban J connectivity index is 2.04. The number of ether oxygens (including phenoxy) is 1. The molecule has 1 aliphatic heterocycles. The lowest BCUT2D eigenvalue weighted by atomic mass is 10.2. The van der Waals surface area contributed by atoms with Crippen LogP contribution >= 0.6 is 0 Å². The number of benzene rings is 1. The highest BCUT2D eigenvalue weighted by Crippen LogP contribution is 2.20. The SMILES string of the molecule is C[C@@H]1C[NH+](CC(=O)Nc2ccccc2S(C)(=O)=O)C[C@@H](C)O1. The molecule has 2 atom stereocenters. The maximum Gasteiger partial charge on any atom is 0.279 e. The molecule has 1 aromatic rings. The van der Waals surface area contributed by atoms with Gasteiger partial charge in [-0.2, -0.15) is 0 Å². The van der Waals surface area contributed by atoms with Crippen LogP contribution in [-0.4, -0.2) is 52.4 Å². The summed E-state index contributed by atoms with van der Waals surface area (Å²) in [5, 5.41) is 2.71. The molecule has 2 N–H and O–H groups in total. The zero-order chi connectivity index (χ0) is 16.3. The van der Waals surface area contributed by atoms with Crippen molar-refractivity contribution >= 4 is 21.4 Å². The molecule has 7 heteroatoms. The summed E-state index contributed by atoms with van der Waals surface area (Å²) in [6, 6.07) is 6.45. The van der Waals surface area contributed by atoms with E-state index in [9.17, 15) is 13.2 Å². The van der Waals surface area contributed by atoms with E-state index in [1.165, 1.54) is 6.07 Å². The van der Waals surface area contributed by atoms with E-state index in [1.807, 2.05) is 13.8 Å². The normalized spacial score (nSPS) is 25.7. The number of morpholine rings is 1. The second-order valence-electron chi connectivity index (χ2n) is 5.91. The zero-order valence-corrected chi connectivity index (χ0v) is 13.9. The Hall–Kier alpha value is -1.44. The third-order valence-electron chi connectivity index (χ3n) is 3.59. The van der Waals surface area contributed by atoms with Gasteiger partial charge in [-0.3, -0.25) is 4.79 Å². The minimum absolute atomic E-state index is 0.120. The van der Waals surface area contributed by atoms with E-state index in [2.05, 4.69) is 5.32 Å². The van der Waals surface area contributed by atoms with Gasteiger partial charge in [0, 0.05) is 6.26 Å². The number of para-hydroxylation sites is 1. The first kappa shape index (κ1) is 16.9. The molecule has 0 saturated carbocycles. The number of carbonyl (C=O) groups is 1. The van der Waals surface area contributed by atoms with Crippen LogP contribution in [0.15, 0.2) is 29.2 Å². The highest BCUT2D eigenvalue weighted by molar-refractivity contribution is 7.90. The molecule has 122 valence electrons. The van der Waals surface area contributed by atoms with Crippen LogP contribution in [0.4, 0.5) is 5.69 Å². The summed E-state index contributed by atoms with van der Waals surface area (Å²) in [6.45, 7) is 5.83. The van der Waals surface area contributed by atoms with Crippen molar-refractivity contribution in [3.05, 3.63) is 24.3 Å². The molecule has 0 spiro atoms. The average Bonchev–Trinajstić information content (AvgIpc) is 2.36. The largest absolute Gasteiger partial charge is 0.364 e. The monoisotopic (exact) mass is 327 g/mol. The molecule has 0 bridgehead atoms. The molecule has 1 aliphatic rings. The van der Waals surface area contributed by atoms with Gasteiger partial charge in [-0.25, -0.2) is 8.42 Å². The Bertz CT molecular complexity index is 635. The number of carbonyl (C=O) groups excluding carboxylic acids is 1. The summed E-state index contributed by atoms with van der Waals surface area (Å²) in [5.41, 5.74) is 0.337. The van der Waals surface area contributed by atoms with Crippen molar-refractivity contribution in [3.8, 4) is 0 Å². The first-order valence-electron chi connectivity index (χ1n) is 7.33. The number of amides is 1. The van der Waals surface area contributed by atoms with Gasteiger partial charge in [0.1, 0.15) is 25.3 Å². The number of sulfone groups is 1. The van der Waals surface area contributed by atoms with Crippen molar-refractivity contribution in [2.24, 2.45) is 0 Å². The number of hydrogen-bond donors (Lipinski definition) is 2. The van der Waals surface area contributed by atoms with Crippen molar-refractivity contribution in [1.82, 2.24) is 0 Å². The highest BCUT2D eigenvalue weighted by atomic mass is 32.2. The molecule has 1 aromatic carbocycles. The lowest BCUT2D eigenvalue weighted by Gasteiger charge is -2.31. The van der Waals surface area contributed by atoms with Gasteiger partial charge in [0.25, 0.3) is 5.91 Å². The van der Waals surface area contributed by atoms with Gasteiger partial charge in [0.05, 0.1) is 10.6 Å². The molecular formula is C15H23N2O4S+. The van der Waals surface area contributed by atoms with Crippen molar-refractivity contribution in [2.75, 3.05) is 31.2 Å². The fourth-order valence-electron chi connectivity index (χ4n) is 2.85. The number of anilines is 1. The van der Waals surface area contributed by atoms with Crippen molar-refractivity contribution in [2.45, 2.75) is 31.0 Å². The summed E-state index contributed by atoms with van der Waals surface area (Å²) in [4.78, 5) is 13.5. The summed E-state index contributed by atoms with van der Waals surface area (Å²) < 4.78 is 29.1. The van der Waals surface area contributed by atoms with E-state index in [-0.39, 0.29) is 23.0 Å². The van der Waals surface area contributed by atoms with Crippen LogP contribution in [0.3, 0.4) is 0 Å². The molecule has 6 nitrogen and oxygen atoms in total. The fraction of sp³-hybridized carbons (Fsp3) is 0.533. The molecular weight excluding hydrogens is 304 g/mol. The van der Waals surface area contributed by atoms with Crippen LogP contribution in [0, 0.1) is 0 Å². The summed E-state index contributed by atoms with van der Waals surface area (Å²) >= 11 is 0. The Morgan fingerprint density at radius 2 is 1.86 bits per heavy atom. The molecule has 0 aliphatic carbocycles. The molecule has 22 heavy (non-hydrogen) atoms. The van der Waals surface area contributed by atoms with Gasteiger partial charge < -0.3 is 15.0 Å². The topological polar surface area (TPSA) is 76.9 Å². The lowest BCUT2D eigenvalue weighted by Crippen LogP contribution is -3.16. The molecule has 0 unspecified atom stereocenters. The van der Waals surface area contributed by atoms with E-state index in [0.29, 0.717) is 12.2 Å². The Morgan fingerprint density at radius 3 is 2.45 bits per heavy atom. The van der Waals surface area contributed by atoms with Gasteiger partial charge in [-0.15, -0.1) is 0 Å². The van der Waals surface area contributed by atoms with Crippen molar-refractivity contribution in [3.63, 3.8) is 0 Å². The zero-order valence-electron chi connectivity index (χ0n) is 13.1. The van der Waals surface area contributed by atoms with Gasteiger partial charge >= 0.3 is 0 Å². The van der Waals surface area contributed by atoms with Crippen LogP contribution < -0.4 is 10.2 Å². The number of hydrogen-bond acceptors (Lipinski definition) is 4. The lowest BCUT2D eigenvalue weighted by molar-refractivity contribution is -0.907. The molecule has 1 amide bonds. The van der Waals surface area contributed by atoms with E-state index in [0.717, 1.165) is 24.2 Å². The predicted molar refractivity (Wildman–Crippen MR) is 83.8 cm³/mol. The van der Waals surface area contributed by atoms with Gasteiger partial charge in [-0.1, -0.05) is 12.1 Å².